The van der Waals surface area contributed by atoms with Gasteiger partial charge in [0.1, 0.15) is 5.69 Å². The molecule has 15 heteroatoms. The zero-order valence-electron chi connectivity index (χ0n) is 17.5. The highest BCUT2D eigenvalue weighted by Gasteiger charge is 2.16. The van der Waals surface area contributed by atoms with Crippen molar-refractivity contribution in [2.75, 3.05) is 22.1 Å². The zero-order chi connectivity index (χ0) is 24.1. The smallest absolute Gasteiger partial charge is 0.292 e. The Bertz CT molecular complexity index is 1370. The lowest BCUT2D eigenvalue weighted by Crippen LogP contribution is -2.15. The Morgan fingerprint density at radius 1 is 1.12 bits per heavy atom. The molecule has 0 unspecified atom stereocenters. The van der Waals surface area contributed by atoms with E-state index < -0.39 is 4.92 Å². The number of tetrazole rings is 1. The van der Waals surface area contributed by atoms with Crippen molar-refractivity contribution in [1.82, 2.24) is 25.2 Å². The highest BCUT2D eigenvalue weighted by atomic mass is 32.2. The SMILES string of the molecule is Cn1nnnc1SCC(=O)Nc1ccc2nc(SCC(=O)Nc3ccccc3[N+](=O)[O-])sc2c1. The number of fused-ring (bicyclic) bond motifs is 1. The van der Waals surface area contributed by atoms with E-state index in [1.165, 1.54) is 57.7 Å². The second-order valence-corrected chi connectivity index (χ2v) is 9.89. The van der Waals surface area contributed by atoms with Crippen LogP contribution >= 0.6 is 34.9 Å². The first-order valence-electron chi connectivity index (χ1n) is 9.60. The van der Waals surface area contributed by atoms with Crippen LogP contribution in [0.5, 0.6) is 0 Å². The van der Waals surface area contributed by atoms with Crippen LogP contribution in [-0.4, -0.2) is 53.4 Å². The number of aromatic nitrogens is 5. The summed E-state index contributed by atoms with van der Waals surface area (Å²) in [5.74, 6) is -0.367. The van der Waals surface area contributed by atoms with Gasteiger partial charge in [-0.2, -0.15) is 0 Å². The second kappa shape index (κ2) is 10.6. The summed E-state index contributed by atoms with van der Waals surface area (Å²) in [5, 5.41) is 28.1. The summed E-state index contributed by atoms with van der Waals surface area (Å²) in [4.78, 5) is 39.5. The van der Waals surface area contributed by atoms with Gasteiger partial charge in [-0.3, -0.25) is 19.7 Å². The van der Waals surface area contributed by atoms with E-state index in [9.17, 15) is 19.7 Å². The number of nitro benzene ring substituents is 1. The number of thiazole rings is 1. The molecule has 0 saturated carbocycles. The van der Waals surface area contributed by atoms with Crippen molar-refractivity contribution in [2.24, 2.45) is 7.05 Å². The molecule has 2 aromatic carbocycles. The first-order chi connectivity index (χ1) is 16.4. The van der Waals surface area contributed by atoms with E-state index in [-0.39, 0.29) is 34.7 Å². The maximum Gasteiger partial charge on any atom is 0.292 e. The monoisotopic (exact) mass is 516 g/mol. The molecular formula is C19H16N8O4S3. The van der Waals surface area contributed by atoms with Crippen molar-refractivity contribution >= 4 is 74.0 Å². The van der Waals surface area contributed by atoms with Crippen LogP contribution in [0, 0.1) is 10.1 Å². The lowest BCUT2D eigenvalue weighted by Gasteiger charge is -2.04. The summed E-state index contributed by atoms with van der Waals surface area (Å²) >= 11 is 3.84. The van der Waals surface area contributed by atoms with Crippen LogP contribution in [0.1, 0.15) is 0 Å². The molecule has 2 heterocycles. The number of anilines is 2. The van der Waals surface area contributed by atoms with E-state index in [0.29, 0.717) is 15.2 Å². The van der Waals surface area contributed by atoms with E-state index in [0.717, 1.165) is 10.2 Å². The standard InChI is InChI=1S/C19H16N8O4S3/c1-26-18(23-24-25-26)32-9-16(28)20-11-6-7-13-15(8-11)34-19(22-13)33-10-17(29)21-12-4-2-3-5-14(12)27(30)31/h2-8H,9-10H2,1H3,(H,20,28)(H,21,29). The van der Waals surface area contributed by atoms with Crippen LogP contribution < -0.4 is 10.6 Å². The summed E-state index contributed by atoms with van der Waals surface area (Å²) in [7, 11) is 1.70. The number of nitrogens with one attached hydrogen (secondary N) is 2. The lowest BCUT2D eigenvalue weighted by molar-refractivity contribution is -0.383. The van der Waals surface area contributed by atoms with Crippen molar-refractivity contribution in [2.45, 2.75) is 9.50 Å². The molecule has 34 heavy (non-hydrogen) atoms. The number of nitro groups is 1. The molecule has 0 aliphatic carbocycles. The predicted octanol–water partition coefficient (Wildman–Crippen LogP) is 3.19. The van der Waals surface area contributed by atoms with Gasteiger partial charge in [-0.1, -0.05) is 35.7 Å². The molecule has 4 aromatic rings. The number of amides is 2. The molecule has 0 aliphatic heterocycles. The Labute approximate surface area is 204 Å². The molecule has 0 saturated heterocycles. The van der Waals surface area contributed by atoms with Gasteiger partial charge in [0.05, 0.1) is 26.6 Å². The predicted molar refractivity (Wildman–Crippen MR) is 130 cm³/mol. The first kappa shape index (κ1) is 23.6. The molecule has 0 atom stereocenters. The highest BCUT2D eigenvalue weighted by Crippen LogP contribution is 2.32. The van der Waals surface area contributed by atoms with Gasteiger partial charge in [0.25, 0.3) is 5.69 Å². The van der Waals surface area contributed by atoms with Gasteiger partial charge in [-0.25, -0.2) is 9.67 Å². The maximum atomic E-state index is 12.3. The maximum absolute atomic E-state index is 12.3. The number of carbonyl (C=O) groups excluding carboxylic acids is 2. The van der Waals surface area contributed by atoms with Crippen LogP contribution in [-0.2, 0) is 16.6 Å². The third-order valence-corrected chi connectivity index (χ3v) is 7.44. The van der Waals surface area contributed by atoms with Gasteiger partial charge in [0, 0.05) is 18.8 Å². The van der Waals surface area contributed by atoms with E-state index >= 15 is 0 Å². The van der Waals surface area contributed by atoms with E-state index in [1.54, 1.807) is 25.2 Å². The molecule has 12 nitrogen and oxygen atoms in total. The van der Waals surface area contributed by atoms with Crippen molar-refractivity contribution in [3.63, 3.8) is 0 Å². The van der Waals surface area contributed by atoms with Gasteiger partial charge >= 0.3 is 0 Å². The summed E-state index contributed by atoms with van der Waals surface area (Å²) in [6.07, 6.45) is 0. The van der Waals surface area contributed by atoms with Crippen LogP contribution in [0.4, 0.5) is 17.1 Å². The number of para-hydroxylation sites is 2. The number of hydrogen-bond donors (Lipinski definition) is 2. The van der Waals surface area contributed by atoms with Gasteiger partial charge in [0.15, 0.2) is 4.34 Å². The Hall–Kier alpha value is -3.56. The van der Waals surface area contributed by atoms with Crippen LogP contribution in [0.15, 0.2) is 52.0 Å². The lowest BCUT2D eigenvalue weighted by atomic mass is 10.2. The number of carbonyl (C=O) groups is 2. The Morgan fingerprint density at radius 3 is 2.65 bits per heavy atom. The fourth-order valence-corrected chi connectivity index (χ4v) is 5.32. The number of benzene rings is 2. The minimum absolute atomic E-state index is 0.0452. The third-order valence-electron chi connectivity index (χ3n) is 4.27. The number of hydrogen-bond acceptors (Lipinski definition) is 11. The fraction of sp³-hybridized carbons (Fsp3) is 0.158. The molecule has 174 valence electrons. The molecular weight excluding hydrogens is 500 g/mol. The van der Waals surface area contributed by atoms with E-state index in [2.05, 4.69) is 31.1 Å². The fourth-order valence-electron chi connectivity index (χ4n) is 2.77. The Morgan fingerprint density at radius 2 is 1.88 bits per heavy atom. The quantitative estimate of drug-likeness (QED) is 0.192. The molecule has 0 radical (unpaired) electrons. The number of rotatable bonds is 9. The van der Waals surface area contributed by atoms with Gasteiger partial charge in [0.2, 0.25) is 17.0 Å². The van der Waals surface area contributed by atoms with Gasteiger partial charge < -0.3 is 10.6 Å². The Kier molecular flexibility index (Phi) is 7.34. The minimum Gasteiger partial charge on any atom is -0.325 e. The summed E-state index contributed by atoms with van der Waals surface area (Å²) < 4.78 is 3.01. The molecule has 0 bridgehead atoms. The van der Waals surface area contributed by atoms with E-state index in [4.69, 9.17) is 0 Å². The average molecular weight is 517 g/mol. The van der Waals surface area contributed by atoms with Crippen LogP contribution in [0.2, 0.25) is 0 Å². The summed E-state index contributed by atoms with van der Waals surface area (Å²) in [6.45, 7) is 0. The van der Waals surface area contributed by atoms with Gasteiger partial charge in [-0.05, 0) is 34.7 Å². The second-order valence-electron chi connectivity index (χ2n) is 6.70. The molecule has 2 N–H and O–H groups in total. The minimum atomic E-state index is -0.543. The zero-order valence-corrected chi connectivity index (χ0v) is 19.9. The van der Waals surface area contributed by atoms with Crippen molar-refractivity contribution in [3.05, 3.63) is 52.6 Å². The number of aryl methyl sites for hydroxylation is 1. The molecule has 2 aromatic heterocycles. The molecule has 2 amide bonds. The van der Waals surface area contributed by atoms with Gasteiger partial charge in [-0.15, -0.1) is 16.4 Å². The first-order valence-corrected chi connectivity index (χ1v) is 12.4. The van der Waals surface area contributed by atoms with Crippen LogP contribution in [0.3, 0.4) is 0 Å². The van der Waals surface area contributed by atoms with Crippen LogP contribution in [0.25, 0.3) is 10.2 Å². The summed E-state index contributed by atoms with van der Waals surface area (Å²) in [6, 6.07) is 11.3. The molecule has 0 aliphatic rings. The molecule has 0 spiro atoms. The highest BCUT2D eigenvalue weighted by molar-refractivity contribution is 8.01. The Balaban J connectivity index is 1.33. The van der Waals surface area contributed by atoms with Crippen molar-refractivity contribution in [1.29, 1.82) is 0 Å². The number of thioether (sulfide) groups is 2. The van der Waals surface area contributed by atoms with E-state index in [1.807, 2.05) is 6.07 Å². The third kappa shape index (κ3) is 5.86. The van der Waals surface area contributed by atoms with Crippen molar-refractivity contribution < 1.29 is 14.5 Å². The number of nitrogens with zero attached hydrogens (tertiary/aromatic N) is 6. The molecule has 4 rings (SSSR count). The summed E-state index contributed by atoms with van der Waals surface area (Å²) in [5.41, 5.74) is 1.35. The molecule has 0 fully saturated rings. The normalized spacial score (nSPS) is 10.9. The average Bonchev–Trinajstić information content (AvgIpc) is 3.41. The van der Waals surface area contributed by atoms with Crippen molar-refractivity contribution in [3.8, 4) is 0 Å². The topological polar surface area (TPSA) is 158 Å². The largest absolute Gasteiger partial charge is 0.325 e.